The summed E-state index contributed by atoms with van der Waals surface area (Å²) in [5.41, 5.74) is 0.993. The molecule has 0 fully saturated rings. The molecular weight excluding hydrogens is 298 g/mol. The average Bonchev–Trinajstić information content (AvgIpc) is 2.35. The Balaban J connectivity index is 2.71. The van der Waals surface area contributed by atoms with Crippen LogP contribution in [0.3, 0.4) is 0 Å². The van der Waals surface area contributed by atoms with Gasteiger partial charge in [-0.1, -0.05) is 29.3 Å². The van der Waals surface area contributed by atoms with E-state index in [1.807, 2.05) is 6.92 Å². The molecule has 0 amide bonds. The molecule has 0 spiro atoms. The number of benzene rings is 1. The highest BCUT2D eigenvalue weighted by Crippen LogP contribution is 2.25. The Morgan fingerprint density at radius 2 is 2.22 bits per heavy atom. The molecule has 5 heteroatoms. The van der Waals surface area contributed by atoms with Gasteiger partial charge in [-0.15, -0.1) is 0 Å². The first-order chi connectivity index (χ1) is 8.58. The lowest BCUT2D eigenvalue weighted by atomic mass is 10.1. The molecule has 0 N–H and O–H groups in total. The zero-order chi connectivity index (χ0) is 13.5. The van der Waals surface area contributed by atoms with Gasteiger partial charge >= 0.3 is 0 Å². The summed E-state index contributed by atoms with van der Waals surface area (Å²) < 4.78 is 5.70. The average molecular weight is 316 g/mol. The fourth-order valence-electron chi connectivity index (χ4n) is 1.68. The number of ether oxygens (including phenoxy) is 1. The number of nitrogens with zero attached hydrogens (tertiary/aromatic N) is 1. The van der Waals surface area contributed by atoms with Crippen molar-refractivity contribution in [2.45, 2.75) is 26.7 Å². The molecule has 0 aromatic heterocycles. The van der Waals surface area contributed by atoms with E-state index in [1.165, 1.54) is 12.1 Å². The van der Waals surface area contributed by atoms with E-state index in [-0.39, 0.29) is 5.69 Å². The van der Waals surface area contributed by atoms with Gasteiger partial charge in [0.1, 0.15) is 5.75 Å². The Morgan fingerprint density at radius 1 is 1.50 bits per heavy atom. The molecule has 0 heterocycles. The van der Waals surface area contributed by atoms with Crippen LogP contribution in [-0.2, 0) is 0 Å². The Labute approximate surface area is 116 Å². The highest BCUT2D eigenvalue weighted by atomic mass is 79.9. The minimum atomic E-state index is -0.402. The molecule has 1 unspecified atom stereocenters. The predicted molar refractivity (Wildman–Crippen MR) is 75.5 cm³/mol. The standard InChI is InChI=1S/C13H18BrNO3/c1-3-4-11(8-14)9-18-13-7-12(15(16)17)6-5-10(13)2/h5-7,11H,3-4,8-9H2,1-2H3. The van der Waals surface area contributed by atoms with Crippen molar-refractivity contribution in [2.75, 3.05) is 11.9 Å². The molecule has 1 rings (SSSR count). The third kappa shape index (κ3) is 4.29. The van der Waals surface area contributed by atoms with Gasteiger partial charge in [-0.05, 0) is 25.0 Å². The fourth-order valence-corrected chi connectivity index (χ4v) is 2.19. The zero-order valence-electron chi connectivity index (χ0n) is 10.7. The predicted octanol–water partition coefficient (Wildman–Crippen LogP) is 4.09. The van der Waals surface area contributed by atoms with E-state index in [0.717, 1.165) is 23.7 Å². The quantitative estimate of drug-likeness (QED) is 0.432. The third-order valence-corrected chi connectivity index (χ3v) is 3.69. The second-order valence-electron chi connectivity index (χ2n) is 4.33. The fraction of sp³-hybridized carbons (Fsp3) is 0.538. The number of halogens is 1. The minimum absolute atomic E-state index is 0.0708. The molecule has 1 aromatic rings. The van der Waals surface area contributed by atoms with Gasteiger partial charge in [0, 0.05) is 17.3 Å². The molecule has 18 heavy (non-hydrogen) atoms. The topological polar surface area (TPSA) is 52.4 Å². The van der Waals surface area contributed by atoms with Crippen molar-refractivity contribution < 1.29 is 9.66 Å². The van der Waals surface area contributed by atoms with Gasteiger partial charge in [0.2, 0.25) is 0 Å². The van der Waals surface area contributed by atoms with Crippen LogP contribution in [0.5, 0.6) is 5.75 Å². The molecular formula is C13H18BrNO3. The van der Waals surface area contributed by atoms with Crippen molar-refractivity contribution in [3.05, 3.63) is 33.9 Å². The van der Waals surface area contributed by atoms with E-state index < -0.39 is 4.92 Å². The van der Waals surface area contributed by atoms with Crippen LogP contribution < -0.4 is 4.74 Å². The third-order valence-electron chi connectivity index (χ3n) is 2.77. The summed E-state index contributed by atoms with van der Waals surface area (Å²) in [6, 6.07) is 4.71. The van der Waals surface area contributed by atoms with Crippen LogP contribution in [-0.4, -0.2) is 16.9 Å². The van der Waals surface area contributed by atoms with E-state index in [2.05, 4.69) is 22.9 Å². The first-order valence-corrected chi connectivity index (χ1v) is 7.14. The largest absolute Gasteiger partial charge is 0.493 e. The number of rotatable bonds is 7. The lowest BCUT2D eigenvalue weighted by Crippen LogP contribution is -2.13. The van der Waals surface area contributed by atoms with E-state index in [4.69, 9.17) is 4.74 Å². The number of hydrogen-bond acceptors (Lipinski definition) is 3. The summed E-state index contributed by atoms with van der Waals surface area (Å²) in [7, 11) is 0. The van der Waals surface area contributed by atoms with Gasteiger partial charge in [0.15, 0.2) is 0 Å². The van der Waals surface area contributed by atoms with Gasteiger partial charge < -0.3 is 4.74 Å². The van der Waals surface area contributed by atoms with E-state index in [1.54, 1.807) is 6.07 Å². The number of aryl methyl sites for hydroxylation is 1. The van der Waals surface area contributed by atoms with Crippen LogP contribution >= 0.6 is 15.9 Å². The highest BCUT2D eigenvalue weighted by molar-refractivity contribution is 9.09. The van der Waals surface area contributed by atoms with E-state index in [0.29, 0.717) is 18.3 Å². The molecule has 0 saturated carbocycles. The maximum absolute atomic E-state index is 10.7. The van der Waals surface area contributed by atoms with Gasteiger partial charge in [-0.25, -0.2) is 0 Å². The normalized spacial score (nSPS) is 12.2. The molecule has 100 valence electrons. The maximum Gasteiger partial charge on any atom is 0.273 e. The molecule has 0 aliphatic carbocycles. The first-order valence-electron chi connectivity index (χ1n) is 6.02. The Hall–Kier alpha value is -1.10. The number of nitro benzene ring substituents is 1. The minimum Gasteiger partial charge on any atom is -0.493 e. The zero-order valence-corrected chi connectivity index (χ0v) is 12.3. The molecule has 4 nitrogen and oxygen atoms in total. The second kappa shape index (κ2) is 7.36. The number of non-ortho nitro benzene ring substituents is 1. The lowest BCUT2D eigenvalue weighted by molar-refractivity contribution is -0.385. The van der Waals surface area contributed by atoms with Crippen molar-refractivity contribution in [1.82, 2.24) is 0 Å². The summed E-state index contributed by atoms with van der Waals surface area (Å²) in [5, 5.41) is 11.6. The molecule has 0 radical (unpaired) electrons. The summed E-state index contributed by atoms with van der Waals surface area (Å²) in [5.74, 6) is 1.04. The first kappa shape index (κ1) is 15.0. The van der Waals surface area contributed by atoms with E-state index >= 15 is 0 Å². The van der Waals surface area contributed by atoms with Crippen LogP contribution in [0.15, 0.2) is 18.2 Å². The smallest absolute Gasteiger partial charge is 0.273 e. The molecule has 0 aliphatic heterocycles. The highest BCUT2D eigenvalue weighted by Gasteiger charge is 2.12. The number of nitro groups is 1. The molecule has 0 aliphatic rings. The number of hydrogen-bond donors (Lipinski definition) is 0. The molecule has 0 saturated heterocycles. The van der Waals surface area contributed by atoms with Crippen molar-refractivity contribution in [3.63, 3.8) is 0 Å². The Morgan fingerprint density at radius 3 is 2.78 bits per heavy atom. The van der Waals surface area contributed by atoms with Gasteiger partial charge in [-0.3, -0.25) is 10.1 Å². The summed E-state index contributed by atoms with van der Waals surface area (Å²) in [6.45, 7) is 4.61. The molecule has 1 atom stereocenters. The van der Waals surface area contributed by atoms with Crippen LogP contribution in [0.4, 0.5) is 5.69 Å². The van der Waals surface area contributed by atoms with Crippen LogP contribution in [0.1, 0.15) is 25.3 Å². The number of alkyl halides is 1. The summed E-state index contributed by atoms with van der Waals surface area (Å²) >= 11 is 3.46. The van der Waals surface area contributed by atoms with Crippen molar-refractivity contribution in [3.8, 4) is 5.75 Å². The summed E-state index contributed by atoms with van der Waals surface area (Å²) in [4.78, 5) is 10.3. The van der Waals surface area contributed by atoms with Crippen molar-refractivity contribution >= 4 is 21.6 Å². The SMILES string of the molecule is CCCC(CBr)COc1cc([N+](=O)[O-])ccc1C. The van der Waals surface area contributed by atoms with Crippen LogP contribution in [0, 0.1) is 23.0 Å². The second-order valence-corrected chi connectivity index (χ2v) is 4.97. The molecule has 0 bridgehead atoms. The van der Waals surface area contributed by atoms with E-state index in [9.17, 15) is 10.1 Å². The van der Waals surface area contributed by atoms with Gasteiger partial charge in [0.05, 0.1) is 17.6 Å². The van der Waals surface area contributed by atoms with Crippen molar-refractivity contribution in [2.24, 2.45) is 5.92 Å². The van der Waals surface area contributed by atoms with Crippen LogP contribution in [0.25, 0.3) is 0 Å². The van der Waals surface area contributed by atoms with Gasteiger partial charge in [0.25, 0.3) is 5.69 Å². The Kier molecular flexibility index (Phi) is 6.12. The summed E-state index contributed by atoms with van der Waals surface area (Å²) in [6.07, 6.45) is 2.19. The maximum atomic E-state index is 10.7. The van der Waals surface area contributed by atoms with Crippen LogP contribution in [0.2, 0.25) is 0 Å². The van der Waals surface area contributed by atoms with Gasteiger partial charge in [-0.2, -0.15) is 0 Å². The Bertz CT molecular complexity index is 409. The lowest BCUT2D eigenvalue weighted by Gasteiger charge is -2.15. The molecule has 1 aromatic carbocycles. The van der Waals surface area contributed by atoms with Crippen molar-refractivity contribution in [1.29, 1.82) is 0 Å². The monoisotopic (exact) mass is 315 g/mol.